The summed E-state index contributed by atoms with van der Waals surface area (Å²) >= 11 is 0. The lowest BCUT2D eigenvalue weighted by Crippen LogP contribution is -2.29. The van der Waals surface area contributed by atoms with E-state index in [0.29, 0.717) is 16.8 Å². The Balaban J connectivity index is 2.07. The first kappa shape index (κ1) is 12.4. The van der Waals surface area contributed by atoms with Crippen LogP contribution in [0.2, 0.25) is 0 Å². The molecule has 1 aliphatic rings. The monoisotopic (exact) mass is 266 g/mol. The molecule has 0 atom stereocenters. The van der Waals surface area contributed by atoms with Gasteiger partial charge in [-0.05, 0) is 30.3 Å². The fourth-order valence-electron chi connectivity index (χ4n) is 2.33. The average molecular weight is 266 g/mol. The van der Waals surface area contributed by atoms with Gasteiger partial charge in [-0.25, -0.2) is 4.90 Å². The molecule has 0 aliphatic carbocycles. The van der Waals surface area contributed by atoms with Crippen molar-refractivity contribution in [3.05, 3.63) is 59.7 Å². The molecule has 20 heavy (non-hydrogen) atoms. The first-order chi connectivity index (χ1) is 9.59. The van der Waals surface area contributed by atoms with Crippen LogP contribution in [0.1, 0.15) is 20.7 Å². The van der Waals surface area contributed by atoms with Crippen LogP contribution in [0.25, 0.3) is 0 Å². The molecular formula is C16H14N2O2. The van der Waals surface area contributed by atoms with Crippen LogP contribution in [0, 0.1) is 0 Å². The Hall–Kier alpha value is -2.62. The largest absolute Gasteiger partial charge is 0.378 e. The van der Waals surface area contributed by atoms with Crippen LogP contribution < -0.4 is 9.80 Å². The van der Waals surface area contributed by atoms with Crippen LogP contribution in [0.5, 0.6) is 0 Å². The predicted molar refractivity (Wildman–Crippen MR) is 78.4 cm³/mol. The summed E-state index contributed by atoms with van der Waals surface area (Å²) < 4.78 is 0. The second kappa shape index (κ2) is 4.49. The molecule has 0 unspecified atom stereocenters. The molecule has 2 aromatic rings. The zero-order valence-corrected chi connectivity index (χ0v) is 11.3. The van der Waals surface area contributed by atoms with E-state index in [1.807, 2.05) is 37.2 Å². The van der Waals surface area contributed by atoms with E-state index in [-0.39, 0.29) is 11.8 Å². The lowest BCUT2D eigenvalue weighted by atomic mass is 10.1. The van der Waals surface area contributed by atoms with Crippen molar-refractivity contribution >= 4 is 23.2 Å². The molecular weight excluding hydrogens is 252 g/mol. The van der Waals surface area contributed by atoms with Crippen molar-refractivity contribution in [2.75, 3.05) is 23.9 Å². The van der Waals surface area contributed by atoms with Crippen LogP contribution in [0.15, 0.2) is 48.5 Å². The van der Waals surface area contributed by atoms with Gasteiger partial charge >= 0.3 is 0 Å². The highest BCUT2D eigenvalue weighted by Crippen LogP contribution is 2.30. The molecule has 1 aliphatic heterocycles. The van der Waals surface area contributed by atoms with Gasteiger partial charge in [-0.15, -0.1) is 0 Å². The summed E-state index contributed by atoms with van der Waals surface area (Å²) in [6.45, 7) is 0. The molecule has 0 fully saturated rings. The molecule has 0 aromatic heterocycles. The number of carbonyl (C=O) groups excluding carboxylic acids is 2. The highest BCUT2D eigenvalue weighted by atomic mass is 16.2. The van der Waals surface area contributed by atoms with Crippen LogP contribution >= 0.6 is 0 Å². The summed E-state index contributed by atoms with van der Waals surface area (Å²) in [7, 11) is 3.84. The van der Waals surface area contributed by atoms with Crippen LogP contribution in [0.4, 0.5) is 11.4 Å². The van der Waals surface area contributed by atoms with Crippen LogP contribution in [0.3, 0.4) is 0 Å². The molecule has 0 saturated carbocycles. The Morgan fingerprint density at radius 1 is 0.850 bits per heavy atom. The molecule has 0 bridgehead atoms. The highest BCUT2D eigenvalue weighted by Gasteiger charge is 2.36. The van der Waals surface area contributed by atoms with Crippen molar-refractivity contribution < 1.29 is 9.59 Å². The Kier molecular flexibility index (Phi) is 2.79. The van der Waals surface area contributed by atoms with E-state index in [2.05, 4.69) is 0 Å². The maximum atomic E-state index is 12.4. The number of hydrogen-bond acceptors (Lipinski definition) is 3. The number of fused-ring (bicyclic) bond motifs is 1. The molecule has 0 saturated heterocycles. The van der Waals surface area contributed by atoms with Crippen LogP contribution in [-0.2, 0) is 0 Å². The standard InChI is InChI=1S/C16H14N2O2/c1-17(2)11-6-5-7-12(10-11)18-15(19)13-8-3-4-9-14(13)16(18)20/h3-10H,1-2H3. The number of amides is 2. The molecule has 2 amide bonds. The zero-order valence-electron chi connectivity index (χ0n) is 11.3. The Morgan fingerprint density at radius 2 is 1.45 bits per heavy atom. The van der Waals surface area contributed by atoms with E-state index < -0.39 is 0 Å². The van der Waals surface area contributed by atoms with Crippen molar-refractivity contribution in [2.24, 2.45) is 0 Å². The van der Waals surface area contributed by atoms with E-state index in [1.165, 1.54) is 4.90 Å². The van der Waals surface area contributed by atoms with E-state index in [0.717, 1.165) is 5.69 Å². The van der Waals surface area contributed by atoms with Crippen molar-refractivity contribution in [2.45, 2.75) is 0 Å². The predicted octanol–water partition coefficient (Wildman–Crippen LogP) is 2.55. The fourth-order valence-corrected chi connectivity index (χ4v) is 2.33. The number of nitrogens with zero attached hydrogens (tertiary/aromatic N) is 2. The Labute approximate surface area is 117 Å². The number of imide groups is 1. The smallest absolute Gasteiger partial charge is 0.266 e. The molecule has 0 spiro atoms. The minimum Gasteiger partial charge on any atom is -0.378 e. The molecule has 1 heterocycles. The number of benzene rings is 2. The summed E-state index contributed by atoms with van der Waals surface area (Å²) in [5.74, 6) is -0.525. The van der Waals surface area contributed by atoms with Gasteiger partial charge in [-0.3, -0.25) is 9.59 Å². The third-order valence-electron chi connectivity index (χ3n) is 3.40. The van der Waals surface area contributed by atoms with Gasteiger partial charge in [0, 0.05) is 19.8 Å². The van der Waals surface area contributed by atoms with Gasteiger partial charge in [-0.1, -0.05) is 18.2 Å². The van der Waals surface area contributed by atoms with Gasteiger partial charge in [-0.2, -0.15) is 0 Å². The average Bonchev–Trinajstić information content (AvgIpc) is 2.72. The Bertz CT molecular complexity index is 672. The maximum Gasteiger partial charge on any atom is 0.266 e. The lowest BCUT2D eigenvalue weighted by molar-refractivity contribution is 0.0926. The molecule has 0 N–H and O–H groups in total. The molecule has 0 radical (unpaired) electrons. The van der Waals surface area contributed by atoms with E-state index >= 15 is 0 Å². The van der Waals surface area contributed by atoms with Crippen LogP contribution in [-0.4, -0.2) is 25.9 Å². The van der Waals surface area contributed by atoms with E-state index in [4.69, 9.17) is 0 Å². The van der Waals surface area contributed by atoms with E-state index in [1.54, 1.807) is 30.3 Å². The summed E-state index contributed by atoms with van der Waals surface area (Å²) in [6.07, 6.45) is 0. The Morgan fingerprint density at radius 3 is 2.00 bits per heavy atom. The van der Waals surface area contributed by atoms with Crippen molar-refractivity contribution in [1.29, 1.82) is 0 Å². The lowest BCUT2D eigenvalue weighted by Gasteiger charge is -2.18. The summed E-state index contributed by atoms with van der Waals surface area (Å²) in [5, 5.41) is 0. The minimum atomic E-state index is -0.262. The van der Waals surface area contributed by atoms with E-state index in [9.17, 15) is 9.59 Å². The second-order valence-electron chi connectivity index (χ2n) is 4.91. The van der Waals surface area contributed by atoms with Crippen molar-refractivity contribution in [3.63, 3.8) is 0 Å². The molecule has 3 rings (SSSR count). The quantitative estimate of drug-likeness (QED) is 0.784. The highest BCUT2D eigenvalue weighted by molar-refractivity contribution is 6.34. The minimum absolute atomic E-state index is 0.262. The molecule has 2 aromatic carbocycles. The molecule has 4 nitrogen and oxygen atoms in total. The first-order valence-electron chi connectivity index (χ1n) is 6.35. The van der Waals surface area contributed by atoms with Gasteiger partial charge in [0.2, 0.25) is 0 Å². The van der Waals surface area contributed by atoms with Gasteiger partial charge in [0.05, 0.1) is 16.8 Å². The third kappa shape index (κ3) is 1.77. The maximum absolute atomic E-state index is 12.4. The van der Waals surface area contributed by atoms with Gasteiger partial charge in [0.15, 0.2) is 0 Å². The normalized spacial score (nSPS) is 13.6. The number of anilines is 2. The topological polar surface area (TPSA) is 40.6 Å². The second-order valence-corrected chi connectivity index (χ2v) is 4.91. The first-order valence-corrected chi connectivity index (χ1v) is 6.35. The van der Waals surface area contributed by atoms with Gasteiger partial charge in [0.25, 0.3) is 11.8 Å². The third-order valence-corrected chi connectivity index (χ3v) is 3.40. The summed E-state index contributed by atoms with van der Waals surface area (Å²) in [4.78, 5) is 27.9. The van der Waals surface area contributed by atoms with Gasteiger partial charge in [0.1, 0.15) is 0 Å². The fraction of sp³-hybridized carbons (Fsp3) is 0.125. The van der Waals surface area contributed by atoms with Crippen molar-refractivity contribution in [1.82, 2.24) is 0 Å². The zero-order chi connectivity index (χ0) is 14.3. The molecule has 100 valence electrons. The number of hydrogen-bond donors (Lipinski definition) is 0. The molecule has 4 heteroatoms. The van der Waals surface area contributed by atoms with Crippen molar-refractivity contribution in [3.8, 4) is 0 Å². The summed E-state index contributed by atoms with van der Waals surface area (Å²) in [5.41, 5.74) is 2.47. The number of rotatable bonds is 2. The SMILES string of the molecule is CN(C)c1cccc(N2C(=O)c3ccccc3C2=O)c1. The summed E-state index contributed by atoms with van der Waals surface area (Å²) in [6, 6.07) is 14.3. The number of carbonyl (C=O) groups is 2. The van der Waals surface area contributed by atoms with Gasteiger partial charge < -0.3 is 4.90 Å².